The lowest BCUT2D eigenvalue weighted by Gasteiger charge is -2.18. The monoisotopic (exact) mass is 248 g/mol. The van der Waals surface area contributed by atoms with Gasteiger partial charge in [0.15, 0.2) is 11.6 Å². The second-order valence-corrected chi connectivity index (χ2v) is 3.76. The van der Waals surface area contributed by atoms with Gasteiger partial charge in [0.05, 0.1) is 6.20 Å². The Bertz CT molecular complexity index is 508. The molecule has 0 amide bonds. The standard InChI is InChI=1S/C11H16N6O/c1-4-17(5-2)10-7-12-15-11(14-10)13-9-6-8(3)18-16-9/h6-7H,4-5H2,1-3H3,(H,13,14,15,16). The van der Waals surface area contributed by atoms with E-state index in [1.165, 1.54) is 0 Å². The molecule has 0 unspecified atom stereocenters. The van der Waals surface area contributed by atoms with Gasteiger partial charge in [-0.25, -0.2) is 0 Å². The molecule has 0 aliphatic carbocycles. The van der Waals surface area contributed by atoms with E-state index in [9.17, 15) is 0 Å². The number of rotatable bonds is 5. The van der Waals surface area contributed by atoms with Crippen molar-refractivity contribution in [2.75, 3.05) is 23.3 Å². The van der Waals surface area contributed by atoms with E-state index in [0.29, 0.717) is 11.8 Å². The molecule has 0 bridgehead atoms. The van der Waals surface area contributed by atoms with Crippen LogP contribution in [0.15, 0.2) is 16.8 Å². The fraction of sp³-hybridized carbons (Fsp3) is 0.455. The number of hydrogen-bond acceptors (Lipinski definition) is 7. The third-order valence-electron chi connectivity index (χ3n) is 2.50. The van der Waals surface area contributed by atoms with Crippen molar-refractivity contribution in [2.24, 2.45) is 0 Å². The molecule has 2 rings (SSSR count). The van der Waals surface area contributed by atoms with Gasteiger partial charge in [0, 0.05) is 19.2 Å². The summed E-state index contributed by atoms with van der Waals surface area (Å²) in [4.78, 5) is 6.47. The first kappa shape index (κ1) is 12.3. The van der Waals surface area contributed by atoms with E-state index in [1.54, 1.807) is 12.3 Å². The van der Waals surface area contributed by atoms with Crippen LogP contribution >= 0.6 is 0 Å². The van der Waals surface area contributed by atoms with Crippen molar-refractivity contribution in [1.82, 2.24) is 20.3 Å². The molecule has 1 N–H and O–H groups in total. The molecule has 0 atom stereocenters. The summed E-state index contributed by atoms with van der Waals surface area (Å²) in [5, 5.41) is 14.6. The number of nitrogens with zero attached hydrogens (tertiary/aromatic N) is 5. The van der Waals surface area contributed by atoms with Crippen LogP contribution in [0.4, 0.5) is 17.6 Å². The van der Waals surface area contributed by atoms with Crippen LogP contribution in [-0.2, 0) is 0 Å². The number of aromatic nitrogens is 4. The first-order chi connectivity index (χ1) is 8.72. The second kappa shape index (κ2) is 5.44. The van der Waals surface area contributed by atoms with Gasteiger partial charge >= 0.3 is 0 Å². The molecule has 0 fully saturated rings. The number of anilines is 3. The zero-order valence-electron chi connectivity index (χ0n) is 10.7. The highest BCUT2D eigenvalue weighted by atomic mass is 16.5. The summed E-state index contributed by atoms with van der Waals surface area (Å²) in [6, 6.07) is 1.77. The van der Waals surface area contributed by atoms with E-state index in [-0.39, 0.29) is 0 Å². The van der Waals surface area contributed by atoms with Crippen molar-refractivity contribution in [3.63, 3.8) is 0 Å². The third-order valence-corrected chi connectivity index (χ3v) is 2.50. The van der Waals surface area contributed by atoms with E-state index in [0.717, 1.165) is 24.7 Å². The highest BCUT2D eigenvalue weighted by Gasteiger charge is 2.08. The Hall–Kier alpha value is -2.18. The van der Waals surface area contributed by atoms with Gasteiger partial charge in [-0.2, -0.15) is 10.1 Å². The first-order valence-electron chi connectivity index (χ1n) is 5.88. The predicted octanol–water partition coefficient (Wildman–Crippen LogP) is 1.76. The maximum absolute atomic E-state index is 4.96. The van der Waals surface area contributed by atoms with Gasteiger partial charge in [-0.3, -0.25) is 0 Å². The zero-order chi connectivity index (χ0) is 13.0. The largest absolute Gasteiger partial charge is 0.360 e. The molecule has 2 aromatic heterocycles. The Labute approximate surface area is 105 Å². The van der Waals surface area contributed by atoms with Gasteiger partial charge in [-0.15, -0.1) is 5.10 Å². The van der Waals surface area contributed by atoms with Gasteiger partial charge in [-0.05, 0) is 20.8 Å². The molecule has 0 saturated carbocycles. The second-order valence-electron chi connectivity index (χ2n) is 3.76. The summed E-state index contributed by atoms with van der Waals surface area (Å²) < 4.78 is 4.96. The molecule has 7 nitrogen and oxygen atoms in total. The Kier molecular flexibility index (Phi) is 3.71. The molecule has 2 aromatic rings. The quantitative estimate of drug-likeness (QED) is 0.863. The Morgan fingerprint density at radius 2 is 2.11 bits per heavy atom. The van der Waals surface area contributed by atoms with Gasteiger partial charge in [0.2, 0.25) is 5.95 Å². The number of hydrogen-bond donors (Lipinski definition) is 1. The average molecular weight is 248 g/mol. The molecule has 7 heteroatoms. The minimum atomic E-state index is 0.410. The number of aryl methyl sites for hydroxylation is 1. The van der Waals surface area contributed by atoms with Crippen LogP contribution in [0.3, 0.4) is 0 Å². The highest BCUT2D eigenvalue weighted by molar-refractivity contribution is 5.49. The topological polar surface area (TPSA) is 80.0 Å². The van der Waals surface area contributed by atoms with Crippen LogP contribution in [0.5, 0.6) is 0 Å². The van der Waals surface area contributed by atoms with Gasteiger partial charge in [-0.1, -0.05) is 5.16 Å². The lowest BCUT2D eigenvalue weighted by Crippen LogP contribution is -2.23. The van der Waals surface area contributed by atoms with Crippen molar-refractivity contribution in [3.8, 4) is 0 Å². The minimum Gasteiger partial charge on any atom is -0.360 e. The van der Waals surface area contributed by atoms with Gasteiger partial charge in [0.1, 0.15) is 5.76 Å². The van der Waals surface area contributed by atoms with Gasteiger partial charge < -0.3 is 14.7 Å². The zero-order valence-corrected chi connectivity index (χ0v) is 10.7. The van der Waals surface area contributed by atoms with Crippen molar-refractivity contribution < 1.29 is 4.52 Å². The molecule has 2 heterocycles. The summed E-state index contributed by atoms with van der Waals surface area (Å²) in [7, 11) is 0. The van der Waals surface area contributed by atoms with Crippen molar-refractivity contribution in [3.05, 3.63) is 18.0 Å². The van der Waals surface area contributed by atoms with Crippen LogP contribution in [-0.4, -0.2) is 33.4 Å². The summed E-state index contributed by atoms with van der Waals surface area (Å²) in [5.41, 5.74) is 0. The Balaban J connectivity index is 2.16. The van der Waals surface area contributed by atoms with Crippen LogP contribution in [0.25, 0.3) is 0 Å². The normalized spacial score (nSPS) is 10.4. The average Bonchev–Trinajstić information content (AvgIpc) is 2.77. The van der Waals surface area contributed by atoms with Crippen molar-refractivity contribution in [1.29, 1.82) is 0 Å². The van der Waals surface area contributed by atoms with E-state index in [4.69, 9.17) is 4.52 Å². The molecule has 0 radical (unpaired) electrons. The molecule has 0 spiro atoms. The Morgan fingerprint density at radius 1 is 1.33 bits per heavy atom. The van der Waals surface area contributed by atoms with Crippen LogP contribution in [0.2, 0.25) is 0 Å². The molecule has 0 aliphatic rings. The maximum Gasteiger partial charge on any atom is 0.250 e. The molecular weight excluding hydrogens is 232 g/mol. The molecule has 0 saturated heterocycles. The fourth-order valence-electron chi connectivity index (χ4n) is 1.59. The molecule has 96 valence electrons. The molecule has 18 heavy (non-hydrogen) atoms. The van der Waals surface area contributed by atoms with E-state index in [2.05, 4.69) is 44.4 Å². The molecular formula is C11H16N6O. The third kappa shape index (κ3) is 2.73. The van der Waals surface area contributed by atoms with Crippen LogP contribution in [0.1, 0.15) is 19.6 Å². The Morgan fingerprint density at radius 3 is 2.72 bits per heavy atom. The SMILES string of the molecule is CCN(CC)c1cnnc(Nc2cc(C)on2)n1. The first-order valence-corrected chi connectivity index (χ1v) is 5.88. The van der Waals surface area contributed by atoms with E-state index in [1.807, 2.05) is 6.92 Å². The lowest BCUT2D eigenvalue weighted by atomic mass is 10.5. The smallest absolute Gasteiger partial charge is 0.250 e. The summed E-state index contributed by atoms with van der Waals surface area (Å²) >= 11 is 0. The van der Waals surface area contributed by atoms with Crippen molar-refractivity contribution >= 4 is 17.6 Å². The van der Waals surface area contributed by atoms with E-state index >= 15 is 0 Å². The fourth-order valence-corrected chi connectivity index (χ4v) is 1.59. The number of nitrogens with one attached hydrogen (secondary N) is 1. The highest BCUT2D eigenvalue weighted by Crippen LogP contribution is 2.14. The lowest BCUT2D eigenvalue weighted by molar-refractivity contribution is 0.400. The van der Waals surface area contributed by atoms with E-state index < -0.39 is 0 Å². The van der Waals surface area contributed by atoms with Crippen LogP contribution in [0, 0.1) is 6.92 Å². The predicted molar refractivity (Wildman–Crippen MR) is 67.9 cm³/mol. The minimum absolute atomic E-state index is 0.410. The molecule has 0 aliphatic heterocycles. The maximum atomic E-state index is 4.96. The summed E-state index contributed by atoms with van der Waals surface area (Å²) in [5.74, 6) is 2.50. The summed E-state index contributed by atoms with van der Waals surface area (Å²) in [6.45, 7) is 7.71. The van der Waals surface area contributed by atoms with Crippen molar-refractivity contribution in [2.45, 2.75) is 20.8 Å². The van der Waals surface area contributed by atoms with Crippen LogP contribution < -0.4 is 10.2 Å². The summed E-state index contributed by atoms with van der Waals surface area (Å²) in [6.07, 6.45) is 1.65. The molecule has 0 aromatic carbocycles. The van der Waals surface area contributed by atoms with Gasteiger partial charge in [0.25, 0.3) is 0 Å².